The van der Waals surface area contributed by atoms with Gasteiger partial charge in [0.2, 0.25) is 0 Å². The van der Waals surface area contributed by atoms with E-state index in [1.165, 1.54) is 12.1 Å². The first-order chi connectivity index (χ1) is 13.5. The zero-order valence-electron chi connectivity index (χ0n) is 16.0. The summed E-state index contributed by atoms with van der Waals surface area (Å²) in [5, 5.41) is 10.8. The highest BCUT2D eigenvalue weighted by molar-refractivity contribution is 6.03. The molecule has 1 aliphatic rings. The van der Waals surface area contributed by atoms with Crippen LogP contribution in [0.3, 0.4) is 0 Å². The van der Waals surface area contributed by atoms with Gasteiger partial charge in [-0.15, -0.1) is 0 Å². The van der Waals surface area contributed by atoms with Gasteiger partial charge in [0.15, 0.2) is 0 Å². The van der Waals surface area contributed by atoms with Crippen LogP contribution in [0.5, 0.6) is 0 Å². The molecule has 0 radical (unpaired) electrons. The molecule has 0 saturated heterocycles. The van der Waals surface area contributed by atoms with Crippen molar-refractivity contribution >= 4 is 11.6 Å². The van der Waals surface area contributed by atoms with Crippen LogP contribution in [0.2, 0.25) is 0 Å². The number of benzene rings is 1. The van der Waals surface area contributed by atoms with Gasteiger partial charge in [-0.3, -0.25) is 9.48 Å². The fourth-order valence-corrected chi connectivity index (χ4v) is 3.45. The summed E-state index contributed by atoms with van der Waals surface area (Å²) in [6, 6.07) is 6.33. The molecule has 1 amide bonds. The minimum atomic E-state index is -0.265. The average Bonchev–Trinajstić information content (AvgIpc) is 3.11. The van der Waals surface area contributed by atoms with Crippen molar-refractivity contribution in [3.05, 3.63) is 64.7 Å². The zero-order valence-corrected chi connectivity index (χ0v) is 16.0. The fourth-order valence-electron chi connectivity index (χ4n) is 3.45. The summed E-state index contributed by atoms with van der Waals surface area (Å²) in [5.74, 6) is 0.427. The maximum atomic E-state index is 13.1. The first-order valence-corrected chi connectivity index (χ1v) is 9.38. The van der Waals surface area contributed by atoms with E-state index in [1.54, 1.807) is 12.1 Å². The monoisotopic (exact) mass is 382 g/mol. The Kier molecular flexibility index (Phi) is 4.95. The molecule has 0 bridgehead atoms. The minimum absolute atomic E-state index is 0.235. The van der Waals surface area contributed by atoms with Crippen LogP contribution < -0.4 is 10.6 Å². The lowest BCUT2D eigenvalue weighted by atomic mass is 10.2. The van der Waals surface area contributed by atoms with Crippen LogP contribution in [0, 0.1) is 19.7 Å². The molecular weight excluding hydrogens is 359 g/mol. The molecule has 146 valence electrons. The maximum absolute atomic E-state index is 13.1. The van der Waals surface area contributed by atoms with E-state index in [0.29, 0.717) is 17.9 Å². The van der Waals surface area contributed by atoms with Crippen molar-refractivity contribution in [2.45, 2.75) is 33.4 Å². The van der Waals surface area contributed by atoms with E-state index in [2.05, 4.69) is 20.7 Å². The molecule has 0 atom stereocenters. The Hall–Kier alpha value is -3.00. The van der Waals surface area contributed by atoms with E-state index in [0.717, 1.165) is 48.8 Å². The van der Waals surface area contributed by atoms with Gasteiger partial charge in [-0.05, 0) is 31.5 Å². The van der Waals surface area contributed by atoms with Crippen LogP contribution in [0.15, 0.2) is 30.5 Å². The van der Waals surface area contributed by atoms with E-state index < -0.39 is 0 Å². The van der Waals surface area contributed by atoms with Gasteiger partial charge in [-0.1, -0.05) is 12.1 Å². The number of fused-ring (bicyclic) bond motifs is 1. The van der Waals surface area contributed by atoms with E-state index in [4.69, 9.17) is 0 Å². The molecule has 0 unspecified atom stereocenters. The Morgan fingerprint density at radius 3 is 2.82 bits per heavy atom. The van der Waals surface area contributed by atoms with E-state index >= 15 is 0 Å². The Morgan fingerprint density at radius 2 is 2.04 bits per heavy atom. The molecule has 28 heavy (non-hydrogen) atoms. The van der Waals surface area contributed by atoms with Crippen molar-refractivity contribution in [2.75, 3.05) is 18.4 Å². The number of carbonyl (C=O) groups is 1. The lowest BCUT2D eigenvalue weighted by Gasteiger charge is -2.07. The average molecular weight is 382 g/mol. The lowest BCUT2D eigenvalue weighted by molar-refractivity contribution is 0.102. The van der Waals surface area contributed by atoms with Crippen molar-refractivity contribution in [3.8, 4) is 0 Å². The standard InChI is InChI=1S/C20H23FN6O/c1-13-19(14(2)27(25-13)11-15-3-5-16(21)6-4-15)24-20(28)17-12-26-10-9-22-8-7-18(26)23-17/h3-6,12,22H,7-11H2,1-2H3,(H,24,28). The third-order valence-electron chi connectivity index (χ3n) is 5.01. The third kappa shape index (κ3) is 3.68. The third-order valence-corrected chi connectivity index (χ3v) is 5.01. The van der Waals surface area contributed by atoms with Crippen LogP contribution in [0.1, 0.15) is 33.3 Å². The number of anilines is 1. The number of carbonyl (C=O) groups excluding carboxylic acids is 1. The number of hydrogen-bond donors (Lipinski definition) is 2. The Labute approximate surface area is 162 Å². The molecule has 4 rings (SSSR count). The van der Waals surface area contributed by atoms with E-state index in [1.807, 2.05) is 29.3 Å². The topological polar surface area (TPSA) is 76.8 Å². The number of rotatable bonds is 4. The Morgan fingerprint density at radius 1 is 1.25 bits per heavy atom. The quantitative estimate of drug-likeness (QED) is 0.726. The van der Waals surface area contributed by atoms with Gasteiger partial charge in [0.1, 0.15) is 17.3 Å². The van der Waals surface area contributed by atoms with Gasteiger partial charge in [0.25, 0.3) is 5.91 Å². The first-order valence-electron chi connectivity index (χ1n) is 9.38. The van der Waals surface area contributed by atoms with Gasteiger partial charge in [-0.2, -0.15) is 5.10 Å². The number of imidazole rings is 1. The van der Waals surface area contributed by atoms with Crippen LogP contribution in [-0.2, 0) is 19.5 Å². The predicted octanol–water partition coefficient (Wildman–Crippen LogP) is 2.28. The molecule has 0 fully saturated rings. The van der Waals surface area contributed by atoms with Gasteiger partial charge in [0.05, 0.1) is 23.6 Å². The number of nitrogens with one attached hydrogen (secondary N) is 2. The maximum Gasteiger partial charge on any atom is 0.275 e. The molecule has 0 spiro atoms. The molecule has 2 N–H and O–H groups in total. The van der Waals surface area contributed by atoms with Crippen LogP contribution in [-0.4, -0.2) is 38.3 Å². The summed E-state index contributed by atoms with van der Waals surface area (Å²) in [6.07, 6.45) is 2.62. The SMILES string of the molecule is Cc1nn(Cc2ccc(F)cc2)c(C)c1NC(=O)c1cn2c(n1)CCNCC2. The highest BCUT2D eigenvalue weighted by Crippen LogP contribution is 2.21. The number of halogens is 1. The highest BCUT2D eigenvalue weighted by atomic mass is 19.1. The van der Waals surface area contributed by atoms with Gasteiger partial charge < -0.3 is 15.2 Å². The van der Waals surface area contributed by atoms with Crippen molar-refractivity contribution in [1.82, 2.24) is 24.6 Å². The molecular formula is C20H23FN6O. The zero-order chi connectivity index (χ0) is 19.7. The molecule has 7 nitrogen and oxygen atoms in total. The number of nitrogens with zero attached hydrogens (tertiary/aromatic N) is 4. The number of hydrogen-bond acceptors (Lipinski definition) is 4. The largest absolute Gasteiger partial charge is 0.333 e. The van der Waals surface area contributed by atoms with Crippen molar-refractivity contribution < 1.29 is 9.18 Å². The number of aryl methyl sites for hydroxylation is 1. The lowest BCUT2D eigenvalue weighted by Crippen LogP contribution is -2.18. The molecule has 3 heterocycles. The van der Waals surface area contributed by atoms with Crippen molar-refractivity contribution in [3.63, 3.8) is 0 Å². The summed E-state index contributed by atoms with van der Waals surface area (Å²) >= 11 is 0. The second-order valence-corrected chi connectivity index (χ2v) is 7.02. The van der Waals surface area contributed by atoms with Crippen molar-refractivity contribution in [2.24, 2.45) is 0 Å². The van der Waals surface area contributed by atoms with Gasteiger partial charge in [-0.25, -0.2) is 9.37 Å². The summed E-state index contributed by atoms with van der Waals surface area (Å²) in [4.78, 5) is 17.2. The van der Waals surface area contributed by atoms with E-state index in [9.17, 15) is 9.18 Å². The van der Waals surface area contributed by atoms with Gasteiger partial charge in [0, 0.05) is 32.3 Å². The van der Waals surface area contributed by atoms with Crippen molar-refractivity contribution in [1.29, 1.82) is 0 Å². The van der Waals surface area contributed by atoms with Crippen LogP contribution in [0.25, 0.3) is 0 Å². The molecule has 8 heteroatoms. The fraction of sp³-hybridized carbons (Fsp3) is 0.350. The highest BCUT2D eigenvalue weighted by Gasteiger charge is 2.19. The molecule has 0 saturated carbocycles. The second-order valence-electron chi connectivity index (χ2n) is 7.02. The van der Waals surface area contributed by atoms with Crippen LogP contribution >= 0.6 is 0 Å². The van der Waals surface area contributed by atoms with Crippen LogP contribution in [0.4, 0.5) is 10.1 Å². The molecule has 1 aliphatic heterocycles. The summed E-state index contributed by atoms with van der Waals surface area (Å²) in [7, 11) is 0. The smallest absolute Gasteiger partial charge is 0.275 e. The normalized spacial score (nSPS) is 13.8. The summed E-state index contributed by atoms with van der Waals surface area (Å²) in [5.41, 5.74) is 3.63. The minimum Gasteiger partial charge on any atom is -0.333 e. The van der Waals surface area contributed by atoms with E-state index in [-0.39, 0.29) is 11.7 Å². The predicted molar refractivity (Wildman–Crippen MR) is 104 cm³/mol. The Balaban J connectivity index is 1.52. The first kappa shape index (κ1) is 18.4. The summed E-state index contributed by atoms with van der Waals surface area (Å²) < 4.78 is 17.0. The number of amides is 1. The number of aromatic nitrogens is 4. The summed E-state index contributed by atoms with van der Waals surface area (Å²) in [6.45, 7) is 6.83. The molecule has 1 aromatic carbocycles. The Bertz CT molecular complexity index is 981. The van der Waals surface area contributed by atoms with Gasteiger partial charge >= 0.3 is 0 Å². The second kappa shape index (κ2) is 7.55. The molecule has 3 aromatic rings. The molecule has 0 aliphatic carbocycles. The molecule has 2 aromatic heterocycles.